The van der Waals surface area contributed by atoms with Crippen molar-refractivity contribution in [1.82, 2.24) is 4.90 Å². The lowest BCUT2D eigenvalue weighted by Gasteiger charge is -2.24. The summed E-state index contributed by atoms with van der Waals surface area (Å²) in [7, 11) is 3.58. The molecule has 20 heavy (non-hydrogen) atoms. The number of amides is 1. The van der Waals surface area contributed by atoms with Crippen molar-refractivity contribution in [3.8, 4) is 0 Å². The highest BCUT2D eigenvalue weighted by molar-refractivity contribution is 5.95. The Morgan fingerprint density at radius 3 is 2.45 bits per heavy atom. The van der Waals surface area contributed by atoms with Gasteiger partial charge in [-0.3, -0.25) is 4.79 Å². The second-order valence-electron chi connectivity index (χ2n) is 4.58. The maximum atomic E-state index is 12.5. The molecule has 4 nitrogen and oxygen atoms in total. The Balaban J connectivity index is 2.97. The third-order valence-electron chi connectivity index (χ3n) is 2.67. The molecular weight excluding hydrogens is 271 g/mol. The van der Waals surface area contributed by atoms with Gasteiger partial charge in [0.25, 0.3) is 5.91 Å². The van der Waals surface area contributed by atoms with Gasteiger partial charge in [-0.1, -0.05) is 6.07 Å². The number of hydrogen-bond donors (Lipinski definition) is 1. The number of nitrogens with two attached hydrogens (primary N) is 1. The van der Waals surface area contributed by atoms with E-state index in [1.54, 1.807) is 37.2 Å². The van der Waals surface area contributed by atoms with Crippen LogP contribution in [0.3, 0.4) is 0 Å². The minimum atomic E-state index is -4.44. The second-order valence-corrected chi connectivity index (χ2v) is 4.58. The monoisotopic (exact) mass is 289 g/mol. The lowest BCUT2D eigenvalue weighted by atomic mass is 10.1. The van der Waals surface area contributed by atoms with E-state index in [0.717, 1.165) is 10.6 Å². The highest BCUT2D eigenvalue weighted by Crippen LogP contribution is 2.19. The lowest BCUT2D eigenvalue weighted by Crippen LogP contribution is -2.41. The average molecular weight is 289 g/mol. The summed E-state index contributed by atoms with van der Waals surface area (Å²) in [5, 5.41) is 0. The number of nitrogens with zero attached hydrogens (tertiary/aromatic N) is 2. The molecule has 0 heterocycles. The Hall–Kier alpha value is -1.76. The van der Waals surface area contributed by atoms with E-state index in [0.29, 0.717) is 0 Å². The van der Waals surface area contributed by atoms with Gasteiger partial charge in [-0.05, 0) is 18.2 Å². The first-order valence-electron chi connectivity index (χ1n) is 6.08. The van der Waals surface area contributed by atoms with Gasteiger partial charge in [-0.2, -0.15) is 13.2 Å². The number of carbonyl (C=O) groups is 1. The maximum Gasteiger partial charge on any atom is 0.406 e. The van der Waals surface area contributed by atoms with E-state index in [1.165, 1.54) is 6.07 Å². The summed E-state index contributed by atoms with van der Waals surface area (Å²) < 4.78 is 37.4. The fraction of sp³-hybridized carbons (Fsp3) is 0.462. The first kappa shape index (κ1) is 16.3. The molecule has 112 valence electrons. The summed E-state index contributed by atoms with van der Waals surface area (Å²) in [6, 6.07) is 6.46. The Labute approximate surface area is 116 Å². The minimum Gasteiger partial charge on any atom is -0.378 e. The molecule has 0 saturated heterocycles. The largest absolute Gasteiger partial charge is 0.406 e. The number of halogens is 3. The van der Waals surface area contributed by atoms with Gasteiger partial charge in [0.15, 0.2) is 0 Å². The van der Waals surface area contributed by atoms with Gasteiger partial charge in [0.2, 0.25) is 0 Å². The van der Waals surface area contributed by atoms with Crippen LogP contribution in [0.2, 0.25) is 0 Å². The molecule has 0 fully saturated rings. The summed E-state index contributed by atoms with van der Waals surface area (Å²) in [5.74, 6) is -0.670. The van der Waals surface area contributed by atoms with E-state index in [4.69, 9.17) is 5.73 Å². The number of anilines is 1. The van der Waals surface area contributed by atoms with Gasteiger partial charge in [-0.25, -0.2) is 0 Å². The average Bonchev–Trinajstić information content (AvgIpc) is 2.36. The topological polar surface area (TPSA) is 49.6 Å². The van der Waals surface area contributed by atoms with Crippen LogP contribution in [0.4, 0.5) is 18.9 Å². The summed E-state index contributed by atoms with van der Waals surface area (Å²) >= 11 is 0. The van der Waals surface area contributed by atoms with Gasteiger partial charge in [0.1, 0.15) is 6.54 Å². The SMILES string of the molecule is CN(C)c1cccc(C(=O)N(CCN)CC(F)(F)F)c1. The molecule has 2 N–H and O–H groups in total. The van der Waals surface area contributed by atoms with Gasteiger partial charge in [0.05, 0.1) is 0 Å². The molecule has 1 aromatic rings. The molecular formula is C13H18F3N3O. The fourth-order valence-corrected chi connectivity index (χ4v) is 1.72. The van der Waals surface area contributed by atoms with Crippen LogP contribution in [0.15, 0.2) is 24.3 Å². The third kappa shape index (κ3) is 4.73. The first-order chi connectivity index (χ1) is 9.24. The van der Waals surface area contributed by atoms with Crippen LogP contribution in [0.5, 0.6) is 0 Å². The Kier molecular flexibility index (Phi) is 5.38. The van der Waals surface area contributed by atoms with Gasteiger partial charge >= 0.3 is 6.18 Å². The highest BCUT2D eigenvalue weighted by Gasteiger charge is 2.33. The molecule has 0 unspecified atom stereocenters. The minimum absolute atomic E-state index is 0.0187. The number of hydrogen-bond acceptors (Lipinski definition) is 3. The van der Waals surface area contributed by atoms with Crippen molar-refractivity contribution >= 4 is 11.6 Å². The van der Waals surface area contributed by atoms with E-state index in [-0.39, 0.29) is 18.7 Å². The molecule has 0 radical (unpaired) electrons. The quantitative estimate of drug-likeness (QED) is 0.898. The van der Waals surface area contributed by atoms with Crippen molar-refractivity contribution in [3.63, 3.8) is 0 Å². The zero-order valence-electron chi connectivity index (χ0n) is 11.4. The fourth-order valence-electron chi connectivity index (χ4n) is 1.72. The van der Waals surface area contributed by atoms with Crippen molar-refractivity contribution in [2.24, 2.45) is 5.73 Å². The standard InChI is InChI=1S/C13H18F3N3O/c1-18(2)11-5-3-4-10(8-11)12(20)19(7-6-17)9-13(14,15)16/h3-5,8H,6-7,9,17H2,1-2H3. The predicted octanol–water partition coefficient (Wildman–Crippen LogP) is 1.72. The molecule has 0 atom stereocenters. The van der Waals surface area contributed by atoms with Gasteiger partial charge in [0, 0.05) is 38.4 Å². The molecule has 0 saturated carbocycles. The van der Waals surface area contributed by atoms with Crippen LogP contribution in [0, 0.1) is 0 Å². The zero-order valence-corrected chi connectivity index (χ0v) is 11.4. The molecule has 0 spiro atoms. The Morgan fingerprint density at radius 2 is 1.95 bits per heavy atom. The van der Waals surface area contributed by atoms with Crippen LogP contribution in [-0.2, 0) is 0 Å². The Bertz CT molecular complexity index is 460. The van der Waals surface area contributed by atoms with Gasteiger partial charge < -0.3 is 15.5 Å². The number of alkyl halides is 3. The highest BCUT2D eigenvalue weighted by atomic mass is 19.4. The number of rotatable bonds is 5. The predicted molar refractivity (Wildman–Crippen MR) is 71.8 cm³/mol. The maximum absolute atomic E-state index is 12.5. The van der Waals surface area contributed by atoms with Crippen molar-refractivity contribution in [2.75, 3.05) is 38.6 Å². The van der Waals surface area contributed by atoms with Crippen LogP contribution in [-0.4, -0.2) is 50.7 Å². The van der Waals surface area contributed by atoms with Crippen LogP contribution in [0.1, 0.15) is 10.4 Å². The van der Waals surface area contributed by atoms with E-state index in [1.807, 2.05) is 0 Å². The van der Waals surface area contributed by atoms with Crippen molar-refractivity contribution in [2.45, 2.75) is 6.18 Å². The van der Waals surface area contributed by atoms with Crippen molar-refractivity contribution in [3.05, 3.63) is 29.8 Å². The first-order valence-corrected chi connectivity index (χ1v) is 6.08. The molecule has 0 aliphatic rings. The van der Waals surface area contributed by atoms with Crippen molar-refractivity contribution in [1.29, 1.82) is 0 Å². The number of carbonyl (C=O) groups excluding carboxylic acids is 1. The Morgan fingerprint density at radius 1 is 1.30 bits per heavy atom. The lowest BCUT2D eigenvalue weighted by molar-refractivity contribution is -0.140. The molecule has 0 aliphatic carbocycles. The second kappa shape index (κ2) is 6.60. The van der Waals surface area contributed by atoms with Crippen LogP contribution in [0.25, 0.3) is 0 Å². The molecule has 0 bridgehead atoms. The van der Waals surface area contributed by atoms with Gasteiger partial charge in [-0.15, -0.1) is 0 Å². The van der Waals surface area contributed by atoms with E-state index >= 15 is 0 Å². The molecule has 0 aliphatic heterocycles. The molecule has 7 heteroatoms. The normalized spacial score (nSPS) is 11.3. The van der Waals surface area contributed by atoms with Crippen molar-refractivity contribution < 1.29 is 18.0 Å². The molecule has 1 rings (SSSR count). The zero-order chi connectivity index (χ0) is 15.3. The molecule has 1 aromatic carbocycles. The molecule has 0 aromatic heterocycles. The smallest absolute Gasteiger partial charge is 0.378 e. The summed E-state index contributed by atoms with van der Waals surface area (Å²) in [6.07, 6.45) is -4.44. The van der Waals surface area contributed by atoms with Crippen LogP contribution < -0.4 is 10.6 Å². The summed E-state index contributed by atoms with van der Waals surface area (Å²) in [4.78, 5) is 14.6. The summed E-state index contributed by atoms with van der Waals surface area (Å²) in [5.41, 5.74) is 6.24. The summed E-state index contributed by atoms with van der Waals surface area (Å²) in [6.45, 7) is -1.45. The van der Waals surface area contributed by atoms with E-state index in [2.05, 4.69) is 0 Å². The van der Waals surface area contributed by atoms with E-state index in [9.17, 15) is 18.0 Å². The van der Waals surface area contributed by atoms with E-state index < -0.39 is 18.6 Å². The molecule has 1 amide bonds. The number of benzene rings is 1. The van der Waals surface area contributed by atoms with Crippen LogP contribution >= 0.6 is 0 Å². The third-order valence-corrected chi connectivity index (χ3v) is 2.67.